The average Bonchev–Trinajstić information content (AvgIpc) is 2.27. The molecule has 0 aliphatic carbocycles. The van der Waals surface area contributed by atoms with E-state index < -0.39 is 9.84 Å². The zero-order valence-corrected chi connectivity index (χ0v) is 10.7. The van der Waals surface area contributed by atoms with E-state index in [1.807, 2.05) is 6.92 Å². The lowest BCUT2D eigenvalue weighted by molar-refractivity contribution is 0.0408. The molecule has 1 heterocycles. The Labute approximate surface area is 97.9 Å². The molecule has 1 aliphatic heterocycles. The van der Waals surface area contributed by atoms with Crippen molar-refractivity contribution in [2.75, 3.05) is 50.9 Å². The van der Waals surface area contributed by atoms with Gasteiger partial charge >= 0.3 is 0 Å². The number of morpholine rings is 1. The fraction of sp³-hybridized carbons (Fsp3) is 1.00. The van der Waals surface area contributed by atoms with Crippen molar-refractivity contribution in [1.82, 2.24) is 4.90 Å². The summed E-state index contributed by atoms with van der Waals surface area (Å²) in [6.45, 7) is 5.99. The molecule has 1 rings (SSSR count). The summed E-state index contributed by atoms with van der Waals surface area (Å²) in [7, 11) is -2.95. The van der Waals surface area contributed by atoms with Gasteiger partial charge in [-0.25, -0.2) is 8.42 Å². The van der Waals surface area contributed by atoms with Crippen molar-refractivity contribution >= 4 is 9.84 Å². The molecule has 1 unspecified atom stereocenters. The van der Waals surface area contributed by atoms with E-state index in [4.69, 9.17) is 10.5 Å². The first-order valence-corrected chi connectivity index (χ1v) is 7.56. The quantitative estimate of drug-likeness (QED) is 0.677. The molecule has 96 valence electrons. The Bertz CT molecular complexity index is 286. The lowest BCUT2D eigenvalue weighted by Crippen LogP contribution is -2.39. The number of sulfone groups is 1. The molecule has 0 radical (unpaired) electrons. The Morgan fingerprint density at radius 3 is 2.56 bits per heavy atom. The Kier molecular flexibility index (Phi) is 5.68. The molecule has 0 amide bonds. The van der Waals surface area contributed by atoms with E-state index in [0.717, 1.165) is 13.1 Å². The normalized spacial score (nSPS) is 20.9. The summed E-state index contributed by atoms with van der Waals surface area (Å²) >= 11 is 0. The van der Waals surface area contributed by atoms with Gasteiger partial charge in [0.15, 0.2) is 9.84 Å². The molecule has 2 N–H and O–H groups in total. The summed E-state index contributed by atoms with van der Waals surface area (Å²) in [5.41, 5.74) is 5.43. The second-order valence-corrected chi connectivity index (χ2v) is 6.64. The number of rotatable bonds is 6. The van der Waals surface area contributed by atoms with Crippen molar-refractivity contribution in [3.05, 3.63) is 0 Å². The molecular formula is C10H22N2O3S. The van der Waals surface area contributed by atoms with Crippen LogP contribution in [0.2, 0.25) is 0 Å². The second kappa shape index (κ2) is 6.54. The van der Waals surface area contributed by atoms with Gasteiger partial charge in [-0.05, 0) is 12.5 Å². The molecule has 16 heavy (non-hydrogen) atoms. The predicted octanol–water partition coefficient (Wildman–Crippen LogP) is -0.672. The Balaban J connectivity index is 2.29. The first-order chi connectivity index (χ1) is 7.53. The molecule has 6 heteroatoms. The summed E-state index contributed by atoms with van der Waals surface area (Å²) in [4.78, 5) is 2.13. The van der Waals surface area contributed by atoms with Crippen LogP contribution in [0.3, 0.4) is 0 Å². The van der Waals surface area contributed by atoms with Crippen LogP contribution in [0.5, 0.6) is 0 Å². The molecular weight excluding hydrogens is 228 g/mol. The van der Waals surface area contributed by atoms with Gasteiger partial charge in [0, 0.05) is 19.6 Å². The van der Waals surface area contributed by atoms with Gasteiger partial charge < -0.3 is 10.5 Å². The van der Waals surface area contributed by atoms with Crippen molar-refractivity contribution in [2.24, 2.45) is 11.7 Å². The van der Waals surface area contributed by atoms with Gasteiger partial charge in [0.05, 0.1) is 24.7 Å². The minimum absolute atomic E-state index is 0.0506. The summed E-state index contributed by atoms with van der Waals surface area (Å²) < 4.78 is 28.7. The van der Waals surface area contributed by atoms with Crippen molar-refractivity contribution in [3.63, 3.8) is 0 Å². The summed E-state index contributed by atoms with van der Waals surface area (Å²) in [5.74, 6) is 0.486. The summed E-state index contributed by atoms with van der Waals surface area (Å²) in [6.07, 6.45) is 0. The molecule has 1 atom stereocenters. The predicted molar refractivity (Wildman–Crippen MR) is 64.1 cm³/mol. The van der Waals surface area contributed by atoms with Gasteiger partial charge in [0.25, 0.3) is 0 Å². The van der Waals surface area contributed by atoms with Gasteiger partial charge in [0.2, 0.25) is 0 Å². The van der Waals surface area contributed by atoms with Crippen LogP contribution in [0.15, 0.2) is 0 Å². The molecule has 0 aromatic carbocycles. The van der Waals surface area contributed by atoms with Gasteiger partial charge in [0.1, 0.15) is 0 Å². The number of hydrogen-bond acceptors (Lipinski definition) is 5. The molecule has 1 fully saturated rings. The van der Waals surface area contributed by atoms with Crippen LogP contribution in [0.4, 0.5) is 0 Å². The molecule has 0 aromatic rings. The molecule has 0 aromatic heterocycles. The zero-order valence-electron chi connectivity index (χ0n) is 9.89. The Morgan fingerprint density at radius 1 is 1.38 bits per heavy atom. The van der Waals surface area contributed by atoms with Crippen LogP contribution in [0, 0.1) is 5.92 Å². The highest BCUT2D eigenvalue weighted by Crippen LogP contribution is 2.03. The van der Waals surface area contributed by atoms with Crippen molar-refractivity contribution in [1.29, 1.82) is 0 Å². The van der Waals surface area contributed by atoms with E-state index in [0.29, 0.717) is 26.3 Å². The highest BCUT2D eigenvalue weighted by molar-refractivity contribution is 7.91. The van der Waals surface area contributed by atoms with Gasteiger partial charge in [-0.3, -0.25) is 4.90 Å². The molecule has 0 spiro atoms. The lowest BCUT2D eigenvalue weighted by Gasteiger charge is -2.26. The topological polar surface area (TPSA) is 72.6 Å². The van der Waals surface area contributed by atoms with Gasteiger partial charge in [-0.15, -0.1) is 0 Å². The number of hydrogen-bond donors (Lipinski definition) is 1. The van der Waals surface area contributed by atoms with E-state index in [1.54, 1.807) is 0 Å². The maximum absolute atomic E-state index is 11.7. The van der Waals surface area contributed by atoms with E-state index in [1.165, 1.54) is 0 Å². The first kappa shape index (κ1) is 13.9. The van der Waals surface area contributed by atoms with Gasteiger partial charge in [-0.1, -0.05) is 6.92 Å². The Hall–Kier alpha value is -0.170. The minimum atomic E-state index is -2.95. The van der Waals surface area contributed by atoms with E-state index >= 15 is 0 Å². The first-order valence-electron chi connectivity index (χ1n) is 5.74. The van der Waals surface area contributed by atoms with Gasteiger partial charge in [-0.2, -0.15) is 0 Å². The largest absolute Gasteiger partial charge is 0.379 e. The van der Waals surface area contributed by atoms with Crippen molar-refractivity contribution in [3.8, 4) is 0 Å². The van der Waals surface area contributed by atoms with E-state index in [2.05, 4.69) is 4.90 Å². The fourth-order valence-electron chi connectivity index (χ4n) is 1.68. The fourth-order valence-corrected chi connectivity index (χ4v) is 3.38. The van der Waals surface area contributed by atoms with E-state index in [9.17, 15) is 8.42 Å². The van der Waals surface area contributed by atoms with Crippen LogP contribution >= 0.6 is 0 Å². The summed E-state index contributed by atoms with van der Waals surface area (Å²) in [6, 6.07) is 0. The third-order valence-electron chi connectivity index (χ3n) is 2.76. The molecule has 0 saturated carbocycles. The van der Waals surface area contributed by atoms with Crippen LogP contribution in [0.1, 0.15) is 6.92 Å². The van der Waals surface area contributed by atoms with Crippen molar-refractivity contribution in [2.45, 2.75) is 6.92 Å². The maximum Gasteiger partial charge on any atom is 0.151 e. The second-order valence-electron chi connectivity index (χ2n) is 4.41. The monoisotopic (exact) mass is 250 g/mol. The summed E-state index contributed by atoms with van der Waals surface area (Å²) in [5, 5.41) is 0. The average molecular weight is 250 g/mol. The Morgan fingerprint density at radius 2 is 2.00 bits per heavy atom. The van der Waals surface area contributed by atoms with Crippen LogP contribution in [-0.2, 0) is 14.6 Å². The van der Waals surface area contributed by atoms with Crippen LogP contribution in [0.25, 0.3) is 0 Å². The zero-order chi connectivity index (χ0) is 12.0. The molecule has 1 saturated heterocycles. The number of nitrogens with two attached hydrogens (primary N) is 1. The maximum atomic E-state index is 11.7. The number of nitrogens with zero attached hydrogens (tertiary/aromatic N) is 1. The SMILES string of the molecule is CC(CN)CS(=O)(=O)CCN1CCOCC1. The van der Waals surface area contributed by atoms with E-state index in [-0.39, 0.29) is 17.4 Å². The smallest absolute Gasteiger partial charge is 0.151 e. The minimum Gasteiger partial charge on any atom is -0.379 e. The lowest BCUT2D eigenvalue weighted by atomic mass is 10.2. The number of ether oxygens (including phenoxy) is 1. The molecule has 1 aliphatic rings. The highest BCUT2D eigenvalue weighted by Gasteiger charge is 2.18. The van der Waals surface area contributed by atoms with Crippen LogP contribution < -0.4 is 5.73 Å². The third-order valence-corrected chi connectivity index (χ3v) is 4.64. The highest BCUT2D eigenvalue weighted by atomic mass is 32.2. The van der Waals surface area contributed by atoms with Crippen molar-refractivity contribution < 1.29 is 13.2 Å². The van der Waals surface area contributed by atoms with Crippen LogP contribution in [-0.4, -0.2) is 64.2 Å². The standard InChI is InChI=1S/C10H22N2O3S/c1-10(8-11)9-16(13,14)7-4-12-2-5-15-6-3-12/h10H,2-9,11H2,1H3. The third kappa shape index (κ3) is 5.25. The molecule has 0 bridgehead atoms. The molecule has 5 nitrogen and oxygen atoms in total.